The van der Waals surface area contributed by atoms with Crippen LogP contribution < -0.4 is 10.9 Å². The molecule has 0 unspecified atom stereocenters. The molecule has 2 aromatic heterocycles. The van der Waals surface area contributed by atoms with Crippen LogP contribution in [0.3, 0.4) is 0 Å². The first kappa shape index (κ1) is 19.5. The van der Waals surface area contributed by atoms with Crippen LogP contribution in [0.5, 0.6) is 0 Å². The van der Waals surface area contributed by atoms with Gasteiger partial charge in [0, 0.05) is 17.7 Å². The van der Waals surface area contributed by atoms with E-state index < -0.39 is 5.91 Å². The molecule has 0 saturated carbocycles. The third-order valence-electron chi connectivity index (χ3n) is 4.61. The zero-order valence-electron chi connectivity index (χ0n) is 16.4. The Hall–Kier alpha value is -3.29. The van der Waals surface area contributed by atoms with Gasteiger partial charge in [-0.3, -0.25) is 9.59 Å². The standard InChI is InChI=1S/C20H23N5O3/c1-5-14(4)21-19(27)20-22-17(24-28-20)11-25-18(26)9-8-16(23-25)15-7-6-12(2)13(3)10-15/h6-10,14H,5,11H2,1-4H3,(H,21,27)/t14-/m0/s1. The first-order valence-corrected chi connectivity index (χ1v) is 9.16. The minimum Gasteiger partial charge on any atom is -0.345 e. The van der Waals surface area contributed by atoms with Crippen molar-refractivity contribution in [3.63, 3.8) is 0 Å². The van der Waals surface area contributed by atoms with Crippen LogP contribution in [-0.4, -0.2) is 31.9 Å². The summed E-state index contributed by atoms with van der Waals surface area (Å²) in [7, 11) is 0. The molecule has 28 heavy (non-hydrogen) atoms. The molecule has 1 N–H and O–H groups in total. The van der Waals surface area contributed by atoms with E-state index in [2.05, 4.69) is 20.6 Å². The van der Waals surface area contributed by atoms with E-state index in [0.717, 1.165) is 17.5 Å². The number of benzene rings is 1. The molecule has 0 aliphatic rings. The molecule has 0 radical (unpaired) electrons. The zero-order valence-corrected chi connectivity index (χ0v) is 16.4. The highest BCUT2D eigenvalue weighted by atomic mass is 16.5. The van der Waals surface area contributed by atoms with Crippen molar-refractivity contribution in [1.82, 2.24) is 25.2 Å². The molecular formula is C20H23N5O3. The molecular weight excluding hydrogens is 358 g/mol. The molecule has 0 spiro atoms. The Bertz CT molecular complexity index is 1050. The second kappa shape index (κ2) is 8.16. The van der Waals surface area contributed by atoms with Gasteiger partial charge in [-0.05, 0) is 50.5 Å². The van der Waals surface area contributed by atoms with E-state index in [4.69, 9.17) is 4.52 Å². The van der Waals surface area contributed by atoms with Gasteiger partial charge in [-0.25, -0.2) is 4.68 Å². The van der Waals surface area contributed by atoms with Crippen molar-refractivity contribution < 1.29 is 9.32 Å². The Morgan fingerprint density at radius 1 is 1.21 bits per heavy atom. The predicted molar refractivity (Wildman–Crippen MR) is 104 cm³/mol. The Morgan fingerprint density at radius 2 is 2.00 bits per heavy atom. The molecule has 3 rings (SSSR count). The van der Waals surface area contributed by atoms with Crippen molar-refractivity contribution in [3.05, 3.63) is 63.5 Å². The summed E-state index contributed by atoms with van der Waals surface area (Å²) in [4.78, 5) is 28.3. The van der Waals surface area contributed by atoms with E-state index >= 15 is 0 Å². The first-order valence-electron chi connectivity index (χ1n) is 9.16. The largest absolute Gasteiger partial charge is 0.345 e. The highest BCUT2D eigenvalue weighted by molar-refractivity contribution is 5.89. The summed E-state index contributed by atoms with van der Waals surface area (Å²) in [5.74, 6) is -0.355. The molecule has 0 aliphatic carbocycles. The summed E-state index contributed by atoms with van der Waals surface area (Å²) >= 11 is 0. The van der Waals surface area contributed by atoms with Crippen molar-refractivity contribution in [1.29, 1.82) is 0 Å². The first-order chi connectivity index (χ1) is 13.4. The molecule has 8 heteroatoms. The van der Waals surface area contributed by atoms with E-state index in [9.17, 15) is 9.59 Å². The average Bonchev–Trinajstić information content (AvgIpc) is 3.14. The molecule has 0 aliphatic heterocycles. The van der Waals surface area contributed by atoms with Crippen LogP contribution >= 0.6 is 0 Å². The van der Waals surface area contributed by atoms with Crippen LogP contribution in [0.2, 0.25) is 0 Å². The van der Waals surface area contributed by atoms with Crippen LogP contribution in [0.25, 0.3) is 11.3 Å². The molecule has 2 heterocycles. The molecule has 1 amide bonds. The second-order valence-corrected chi connectivity index (χ2v) is 6.81. The fourth-order valence-corrected chi connectivity index (χ4v) is 2.55. The summed E-state index contributed by atoms with van der Waals surface area (Å²) in [6, 6.07) is 9.15. The Labute approximate surface area is 162 Å². The number of carbonyl (C=O) groups excluding carboxylic acids is 1. The van der Waals surface area contributed by atoms with Gasteiger partial charge in [-0.2, -0.15) is 10.1 Å². The fraction of sp³-hybridized carbons (Fsp3) is 0.350. The lowest BCUT2D eigenvalue weighted by atomic mass is 10.0. The van der Waals surface area contributed by atoms with Gasteiger partial charge >= 0.3 is 11.8 Å². The molecule has 0 saturated heterocycles. The van der Waals surface area contributed by atoms with Crippen LogP contribution in [0.4, 0.5) is 0 Å². The summed E-state index contributed by atoms with van der Waals surface area (Å²) < 4.78 is 6.27. The molecule has 0 fully saturated rings. The molecule has 1 aromatic carbocycles. The summed E-state index contributed by atoms with van der Waals surface area (Å²) in [6.07, 6.45) is 0.789. The van der Waals surface area contributed by atoms with Gasteiger partial charge in [0.05, 0.1) is 5.69 Å². The lowest BCUT2D eigenvalue weighted by Gasteiger charge is -2.08. The maximum Gasteiger partial charge on any atom is 0.316 e. The highest BCUT2D eigenvalue weighted by Gasteiger charge is 2.17. The number of nitrogens with one attached hydrogen (secondary N) is 1. The number of rotatable bonds is 6. The van der Waals surface area contributed by atoms with E-state index in [-0.39, 0.29) is 29.9 Å². The Balaban J connectivity index is 1.82. The van der Waals surface area contributed by atoms with Crippen LogP contribution in [-0.2, 0) is 6.54 Å². The number of hydrogen-bond donors (Lipinski definition) is 1. The van der Waals surface area contributed by atoms with Crippen molar-refractivity contribution in [2.24, 2.45) is 0 Å². The number of hydrogen-bond acceptors (Lipinski definition) is 6. The maximum absolute atomic E-state index is 12.2. The zero-order chi connectivity index (χ0) is 20.3. The smallest absolute Gasteiger partial charge is 0.316 e. The molecule has 3 aromatic rings. The van der Waals surface area contributed by atoms with E-state index in [1.165, 1.54) is 16.3 Å². The molecule has 146 valence electrons. The summed E-state index contributed by atoms with van der Waals surface area (Å²) in [5, 5.41) is 11.0. The number of aromatic nitrogens is 4. The lowest BCUT2D eigenvalue weighted by Crippen LogP contribution is -2.32. The predicted octanol–water partition coefficient (Wildman–Crippen LogP) is 2.49. The normalized spacial score (nSPS) is 12.0. The van der Waals surface area contributed by atoms with Crippen LogP contribution in [0.1, 0.15) is 47.9 Å². The van der Waals surface area contributed by atoms with Gasteiger partial charge in [0.2, 0.25) is 0 Å². The lowest BCUT2D eigenvalue weighted by molar-refractivity contribution is 0.0895. The van der Waals surface area contributed by atoms with Crippen molar-refractivity contribution >= 4 is 5.91 Å². The van der Waals surface area contributed by atoms with Crippen molar-refractivity contribution in [3.8, 4) is 11.3 Å². The minimum atomic E-state index is -0.433. The fourth-order valence-electron chi connectivity index (χ4n) is 2.55. The topological polar surface area (TPSA) is 103 Å². The minimum absolute atomic E-state index is 0.00165. The Morgan fingerprint density at radius 3 is 2.71 bits per heavy atom. The quantitative estimate of drug-likeness (QED) is 0.704. The van der Waals surface area contributed by atoms with Crippen LogP contribution in [0.15, 0.2) is 39.6 Å². The molecule has 1 atom stereocenters. The van der Waals surface area contributed by atoms with Crippen molar-refractivity contribution in [2.45, 2.75) is 46.7 Å². The monoisotopic (exact) mass is 381 g/mol. The number of amides is 1. The van der Waals surface area contributed by atoms with Gasteiger partial charge < -0.3 is 9.84 Å². The van der Waals surface area contributed by atoms with Gasteiger partial charge in [0.1, 0.15) is 6.54 Å². The number of carbonyl (C=O) groups is 1. The van der Waals surface area contributed by atoms with E-state index in [1.54, 1.807) is 6.07 Å². The highest BCUT2D eigenvalue weighted by Crippen LogP contribution is 2.19. The van der Waals surface area contributed by atoms with E-state index in [1.807, 2.05) is 45.9 Å². The molecule has 0 bridgehead atoms. The molecule has 8 nitrogen and oxygen atoms in total. The SMILES string of the molecule is CC[C@H](C)NC(=O)c1nc(Cn2nc(-c3ccc(C)c(C)c3)ccc2=O)no1. The third-order valence-corrected chi connectivity index (χ3v) is 4.61. The number of nitrogens with zero attached hydrogens (tertiary/aromatic N) is 4. The van der Waals surface area contributed by atoms with Gasteiger partial charge in [-0.1, -0.05) is 24.2 Å². The van der Waals surface area contributed by atoms with Crippen LogP contribution in [0, 0.1) is 13.8 Å². The van der Waals surface area contributed by atoms with Gasteiger partial charge in [0.25, 0.3) is 5.56 Å². The van der Waals surface area contributed by atoms with Gasteiger partial charge in [-0.15, -0.1) is 0 Å². The number of aryl methyl sites for hydroxylation is 2. The third kappa shape index (κ3) is 4.33. The van der Waals surface area contributed by atoms with Gasteiger partial charge in [0.15, 0.2) is 5.82 Å². The summed E-state index contributed by atoms with van der Waals surface area (Å²) in [6.45, 7) is 7.93. The van der Waals surface area contributed by atoms with Crippen molar-refractivity contribution in [2.75, 3.05) is 0 Å². The maximum atomic E-state index is 12.2. The summed E-state index contributed by atoms with van der Waals surface area (Å²) in [5.41, 5.74) is 3.63. The second-order valence-electron chi connectivity index (χ2n) is 6.81. The Kier molecular flexibility index (Phi) is 5.67. The average molecular weight is 381 g/mol. The van der Waals surface area contributed by atoms with E-state index in [0.29, 0.717) is 5.69 Å².